The first-order chi connectivity index (χ1) is 17.4. The van der Waals surface area contributed by atoms with E-state index < -0.39 is 0 Å². The van der Waals surface area contributed by atoms with E-state index in [2.05, 4.69) is 24.3 Å². The van der Waals surface area contributed by atoms with Gasteiger partial charge in [-0.1, -0.05) is 60.7 Å². The fourth-order valence-electron chi connectivity index (χ4n) is 5.51. The molecule has 0 bridgehead atoms. The molecule has 5 N–H and O–H groups in total. The third-order valence-corrected chi connectivity index (χ3v) is 7.20. The van der Waals surface area contributed by atoms with Crippen LogP contribution in [0.5, 0.6) is 28.7 Å². The van der Waals surface area contributed by atoms with Crippen LogP contribution in [-0.2, 0) is 6.42 Å². The Morgan fingerprint density at radius 2 is 1.39 bits per heavy atom. The van der Waals surface area contributed by atoms with Gasteiger partial charge in [-0.25, -0.2) is 0 Å². The lowest BCUT2D eigenvalue weighted by atomic mass is 9.76. The predicted octanol–water partition coefficient (Wildman–Crippen LogP) is 6.79. The van der Waals surface area contributed by atoms with Crippen molar-refractivity contribution in [2.24, 2.45) is 0 Å². The van der Waals surface area contributed by atoms with E-state index in [0.29, 0.717) is 23.8 Å². The van der Waals surface area contributed by atoms with Crippen molar-refractivity contribution in [3.63, 3.8) is 0 Å². The van der Waals surface area contributed by atoms with Gasteiger partial charge in [-0.2, -0.15) is 0 Å². The number of benzene rings is 5. The fraction of sp³-hybridized carbons (Fsp3) is 0.0968. The van der Waals surface area contributed by atoms with Gasteiger partial charge in [-0.05, 0) is 87.0 Å². The van der Waals surface area contributed by atoms with E-state index in [0.717, 1.165) is 22.1 Å². The van der Waals surface area contributed by atoms with Crippen molar-refractivity contribution in [1.29, 1.82) is 0 Å². The summed E-state index contributed by atoms with van der Waals surface area (Å²) in [4.78, 5) is 0. The minimum Gasteiger partial charge on any atom is -0.507 e. The van der Waals surface area contributed by atoms with Crippen molar-refractivity contribution in [2.45, 2.75) is 18.8 Å². The molecule has 1 aliphatic carbocycles. The molecule has 5 nitrogen and oxygen atoms in total. The maximum absolute atomic E-state index is 10.5. The van der Waals surface area contributed by atoms with Crippen LogP contribution in [0, 0.1) is 0 Å². The molecular weight excluding hydrogens is 452 g/mol. The van der Waals surface area contributed by atoms with Gasteiger partial charge in [-0.3, -0.25) is 0 Å². The minimum absolute atomic E-state index is 0.0272. The van der Waals surface area contributed by atoms with E-state index >= 15 is 0 Å². The second kappa shape index (κ2) is 8.24. The average molecular weight is 477 g/mol. The molecule has 0 heterocycles. The second-order valence-electron chi connectivity index (χ2n) is 9.37. The molecule has 0 saturated heterocycles. The third kappa shape index (κ3) is 3.48. The lowest BCUT2D eigenvalue weighted by Crippen LogP contribution is -2.11. The largest absolute Gasteiger partial charge is 0.507 e. The summed E-state index contributed by atoms with van der Waals surface area (Å²) in [6.45, 7) is 0. The third-order valence-electron chi connectivity index (χ3n) is 7.20. The molecule has 0 radical (unpaired) electrons. The van der Waals surface area contributed by atoms with Gasteiger partial charge in [0.15, 0.2) is 23.0 Å². The van der Waals surface area contributed by atoms with Gasteiger partial charge in [0, 0.05) is 0 Å². The predicted molar refractivity (Wildman–Crippen MR) is 142 cm³/mol. The van der Waals surface area contributed by atoms with E-state index in [1.165, 1.54) is 23.1 Å². The highest BCUT2D eigenvalue weighted by Gasteiger charge is 2.27. The van der Waals surface area contributed by atoms with Crippen molar-refractivity contribution >= 4 is 33.2 Å². The van der Waals surface area contributed by atoms with Gasteiger partial charge in [0.25, 0.3) is 0 Å². The van der Waals surface area contributed by atoms with Gasteiger partial charge in [0.1, 0.15) is 5.75 Å². The molecule has 0 fully saturated rings. The highest BCUT2D eigenvalue weighted by Crippen LogP contribution is 2.48. The van der Waals surface area contributed by atoms with Crippen LogP contribution >= 0.6 is 0 Å². The molecule has 5 aromatic rings. The normalized spacial score (nSPS) is 15.1. The zero-order valence-electron chi connectivity index (χ0n) is 19.3. The van der Waals surface area contributed by atoms with E-state index in [4.69, 9.17) is 0 Å². The van der Waals surface area contributed by atoms with Gasteiger partial charge >= 0.3 is 0 Å². The Morgan fingerprint density at radius 3 is 2.25 bits per heavy atom. The van der Waals surface area contributed by atoms with Crippen LogP contribution in [0.4, 0.5) is 0 Å². The molecule has 5 aromatic carbocycles. The standard InChI is InChI=1S/C31H24O5/c32-26-10-4-9-23-25(16-29(35)31(36)30(23)26)20-12-19(24-15-28(34)27(33)14-21(24)13-20)11-18-7-3-6-17-5-1-2-8-22(17)18/h1-10,13-16,19,32-36H,11-12H2/t19-/m1/s1. The number of phenolic OH excluding ortho intramolecular Hbond substituents is 5. The first-order valence-electron chi connectivity index (χ1n) is 11.8. The number of allylic oxidation sites excluding steroid dienone is 1. The van der Waals surface area contributed by atoms with Crippen LogP contribution in [-0.4, -0.2) is 25.5 Å². The molecule has 0 aromatic heterocycles. The first kappa shape index (κ1) is 21.9. The van der Waals surface area contributed by atoms with Crippen LogP contribution in [0.15, 0.2) is 78.9 Å². The molecule has 1 aliphatic rings. The number of phenols is 5. The number of hydrogen-bond acceptors (Lipinski definition) is 5. The van der Waals surface area contributed by atoms with E-state index in [9.17, 15) is 25.5 Å². The maximum Gasteiger partial charge on any atom is 0.169 e. The quantitative estimate of drug-likeness (QED) is 0.185. The zero-order valence-corrected chi connectivity index (χ0v) is 19.3. The van der Waals surface area contributed by atoms with Crippen molar-refractivity contribution < 1.29 is 25.5 Å². The van der Waals surface area contributed by atoms with Crippen molar-refractivity contribution in [3.8, 4) is 28.7 Å². The Labute approximate surface area is 207 Å². The van der Waals surface area contributed by atoms with Crippen LogP contribution in [0.3, 0.4) is 0 Å². The fourth-order valence-corrected chi connectivity index (χ4v) is 5.51. The molecule has 0 saturated carbocycles. The van der Waals surface area contributed by atoms with Gasteiger partial charge in [0.05, 0.1) is 5.39 Å². The Morgan fingerprint density at radius 1 is 0.667 bits per heavy atom. The van der Waals surface area contributed by atoms with E-state index in [1.807, 2.05) is 24.3 Å². The zero-order chi connectivity index (χ0) is 25.0. The van der Waals surface area contributed by atoms with E-state index in [-0.39, 0.29) is 40.1 Å². The second-order valence-corrected chi connectivity index (χ2v) is 9.37. The molecule has 0 amide bonds. The summed E-state index contributed by atoms with van der Waals surface area (Å²) in [5.41, 5.74) is 4.46. The summed E-state index contributed by atoms with van der Waals surface area (Å²) in [6.07, 6.45) is 3.22. The summed E-state index contributed by atoms with van der Waals surface area (Å²) < 4.78 is 0. The molecule has 0 unspecified atom stereocenters. The topological polar surface area (TPSA) is 101 Å². The monoisotopic (exact) mass is 476 g/mol. The number of hydrogen-bond donors (Lipinski definition) is 5. The summed E-state index contributed by atoms with van der Waals surface area (Å²) in [5.74, 6) is -1.18. The Balaban J connectivity index is 1.53. The van der Waals surface area contributed by atoms with Gasteiger partial charge < -0.3 is 25.5 Å². The van der Waals surface area contributed by atoms with Crippen molar-refractivity contribution in [2.75, 3.05) is 0 Å². The SMILES string of the molecule is Oc1cc2c(cc1O)[C@H](Cc1cccc3ccccc13)CC(c1cc(O)c(O)c3c(O)cccc13)=C2. The summed E-state index contributed by atoms with van der Waals surface area (Å²) in [6, 6.07) is 24.1. The first-order valence-corrected chi connectivity index (χ1v) is 11.8. The minimum atomic E-state index is -0.362. The smallest absolute Gasteiger partial charge is 0.169 e. The van der Waals surface area contributed by atoms with Crippen LogP contribution in [0.1, 0.15) is 34.6 Å². The Bertz CT molecular complexity index is 1690. The average Bonchev–Trinajstić information content (AvgIpc) is 2.87. The van der Waals surface area contributed by atoms with Crippen molar-refractivity contribution in [1.82, 2.24) is 0 Å². The molecule has 178 valence electrons. The lowest BCUT2D eigenvalue weighted by molar-refractivity contribution is 0.402. The highest BCUT2D eigenvalue weighted by atomic mass is 16.3. The molecule has 1 atom stereocenters. The summed E-state index contributed by atoms with van der Waals surface area (Å²) in [5, 5.41) is 55.0. The Hall–Kier alpha value is -4.64. The van der Waals surface area contributed by atoms with Crippen LogP contribution < -0.4 is 0 Å². The van der Waals surface area contributed by atoms with Crippen molar-refractivity contribution in [3.05, 3.63) is 101 Å². The summed E-state index contributed by atoms with van der Waals surface area (Å²) >= 11 is 0. The number of aromatic hydroxyl groups is 5. The van der Waals surface area contributed by atoms with Gasteiger partial charge in [-0.15, -0.1) is 0 Å². The Kier molecular flexibility index (Phi) is 5.00. The molecular formula is C31H24O5. The molecule has 0 spiro atoms. The van der Waals surface area contributed by atoms with Gasteiger partial charge in [0.2, 0.25) is 0 Å². The lowest BCUT2D eigenvalue weighted by Gasteiger charge is -2.28. The molecule has 36 heavy (non-hydrogen) atoms. The van der Waals surface area contributed by atoms with E-state index in [1.54, 1.807) is 24.3 Å². The van der Waals surface area contributed by atoms with Crippen LogP contribution in [0.2, 0.25) is 0 Å². The number of rotatable bonds is 3. The molecule has 0 aliphatic heterocycles. The molecule has 5 heteroatoms. The summed E-state index contributed by atoms with van der Waals surface area (Å²) in [7, 11) is 0. The molecule has 6 rings (SSSR count). The highest BCUT2D eigenvalue weighted by molar-refractivity contribution is 6.05. The van der Waals surface area contributed by atoms with Crippen LogP contribution in [0.25, 0.3) is 33.2 Å². The number of fused-ring (bicyclic) bond motifs is 3. The maximum atomic E-state index is 10.5.